The number of nitrogens with one attached hydrogen (secondary N) is 1. The molecule has 114 valence electrons. The molecule has 1 amide bonds. The van der Waals surface area contributed by atoms with Crippen LogP contribution in [0.25, 0.3) is 0 Å². The number of carbonyl (C=O) groups excluding carboxylic acids is 1. The van der Waals surface area contributed by atoms with Gasteiger partial charge in [-0.1, -0.05) is 25.0 Å². The first kappa shape index (κ1) is 15.0. The van der Waals surface area contributed by atoms with E-state index in [-0.39, 0.29) is 11.5 Å². The Morgan fingerprint density at radius 1 is 1.23 bits per heavy atom. The number of hydrogen-bond donors (Lipinski definition) is 1. The fraction of sp³-hybridized carbons (Fsp3) is 0.294. The zero-order valence-corrected chi connectivity index (χ0v) is 12.9. The van der Waals surface area contributed by atoms with Crippen LogP contribution in [-0.4, -0.2) is 16.1 Å². The molecule has 3 rings (SSSR count). The predicted octanol–water partition coefficient (Wildman–Crippen LogP) is 4.51. The van der Waals surface area contributed by atoms with Crippen molar-refractivity contribution in [3.63, 3.8) is 0 Å². The lowest BCUT2D eigenvalue weighted by Crippen LogP contribution is -2.13. The molecule has 0 unspecified atom stereocenters. The van der Waals surface area contributed by atoms with Crippen molar-refractivity contribution in [2.75, 3.05) is 5.32 Å². The van der Waals surface area contributed by atoms with E-state index in [2.05, 4.69) is 10.3 Å². The summed E-state index contributed by atoms with van der Waals surface area (Å²) in [5, 5.41) is 3.50. The molecular weight excluding hydrogens is 299 g/mol. The van der Waals surface area contributed by atoms with Gasteiger partial charge in [-0.3, -0.25) is 4.79 Å². The number of nitrogens with zero attached hydrogens (tertiary/aromatic N) is 1. The maximum atomic E-state index is 13.1. The van der Waals surface area contributed by atoms with E-state index in [4.69, 9.17) is 0 Å². The number of rotatable bonds is 4. The molecule has 1 heterocycles. The fourth-order valence-electron chi connectivity index (χ4n) is 2.60. The van der Waals surface area contributed by atoms with Gasteiger partial charge in [0, 0.05) is 28.0 Å². The second-order valence-electron chi connectivity index (χ2n) is 5.34. The quantitative estimate of drug-likeness (QED) is 0.844. The number of carbonyl (C=O) groups is 1. The average molecular weight is 316 g/mol. The summed E-state index contributed by atoms with van der Waals surface area (Å²) >= 11 is 1.82. The highest BCUT2D eigenvalue weighted by Crippen LogP contribution is 2.38. The smallest absolute Gasteiger partial charge is 0.255 e. The van der Waals surface area contributed by atoms with Crippen molar-refractivity contribution in [2.45, 2.75) is 35.8 Å². The van der Waals surface area contributed by atoms with E-state index < -0.39 is 5.95 Å². The van der Waals surface area contributed by atoms with Gasteiger partial charge in [0.05, 0.1) is 5.69 Å². The summed E-state index contributed by atoms with van der Waals surface area (Å²) in [6, 6.07) is 10.4. The van der Waals surface area contributed by atoms with Crippen molar-refractivity contribution >= 4 is 23.4 Å². The number of aromatic nitrogens is 1. The lowest BCUT2D eigenvalue weighted by atomic mass is 10.2. The van der Waals surface area contributed by atoms with Gasteiger partial charge in [0.25, 0.3) is 5.91 Å². The van der Waals surface area contributed by atoms with Crippen molar-refractivity contribution in [2.24, 2.45) is 0 Å². The third-order valence-corrected chi connectivity index (χ3v) is 5.13. The molecule has 1 saturated carbocycles. The number of anilines is 1. The molecule has 0 aliphatic heterocycles. The Morgan fingerprint density at radius 2 is 2.00 bits per heavy atom. The normalized spacial score (nSPS) is 15.0. The molecule has 2 aromatic rings. The number of amides is 1. The van der Waals surface area contributed by atoms with Gasteiger partial charge in [0.2, 0.25) is 5.95 Å². The number of pyridine rings is 1. The highest BCUT2D eigenvalue weighted by atomic mass is 32.2. The lowest BCUT2D eigenvalue weighted by molar-refractivity contribution is 0.102. The van der Waals surface area contributed by atoms with Crippen LogP contribution in [0.3, 0.4) is 0 Å². The first-order chi connectivity index (χ1) is 10.7. The van der Waals surface area contributed by atoms with E-state index in [0.717, 1.165) is 16.6 Å². The maximum Gasteiger partial charge on any atom is 0.255 e. The first-order valence-electron chi connectivity index (χ1n) is 7.41. The minimum absolute atomic E-state index is 0.271. The Morgan fingerprint density at radius 3 is 2.77 bits per heavy atom. The van der Waals surface area contributed by atoms with Gasteiger partial charge in [0.15, 0.2) is 0 Å². The third-order valence-electron chi connectivity index (χ3n) is 3.72. The Balaban J connectivity index is 1.75. The molecule has 0 saturated heterocycles. The summed E-state index contributed by atoms with van der Waals surface area (Å²) in [7, 11) is 0. The van der Waals surface area contributed by atoms with Crippen molar-refractivity contribution in [3.8, 4) is 0 Å². The Bertz CT molecular complexity index is 671. The second kappa shape index (κ2) is 6.92. The third kappa shape index (κ3) is 3.65. The maximum absolute atomic E-state index is 13.1. The van der Waals surface area contributed by atoms with Crippen LogP contribution in [0.4, 0.5) is 10.1 Å². The van der Waals surface area contributed by atoms with Crippen molar-refractivity contribution in [1.82, 2.24) is 4.98 Å². The number of benzene rings is 1. The summed E-state index contributed by atoms with van der Waals surface area (Å²) in [6.07, 6.45) is 6.30. The zero-order chi connectivity index (χ0) is 15.4. The molecule has 0 bridgehead atoms. The van der Waals surface area contributed by atoms with Crippen LogP contribution in [0, 0.1) is 5.95 Å². The number of thioether (sulfide) groups is 1. The summed E-state index contributed by atoms with van der Waals surface area (Å²) in [5.41, 5.74) is 1.05. The summed E-state index contributed by atoms with van der Waals surface area (Å²) < 4.78 is 13.1. The molecule has 22 heavy (non-hydrogen) atoms. The van der Waals surface area contributed by atoms with Crippen LogP contribution >= 0.6 is 11.8 Å². The Kier molecular flexibility index (Phi) is 4.73. The highest BCUT2D eigenvalue weighted by Gasteiger charge is 2.18. The van der Waals surface area contributed by atoms with Crippen LogP contribution in [0.1, 0.15) is 36.0 Å². The topological polar surface area (TPSA) is 42.0 Å². The molecule has 0 atom stereocenters. The molecule has 1 aliphatic carbocycles. The minimum atomic E-state index is -0.652. The monoisotopic (exact) mass is 316 g/mol. The van der Waals surface area contributed by atoms with Crippen LogP contribution in [0.5, 0.6) is 0 Å². The molecule has 0 radical (unpaired) electrons. The summed E-state index contributed by atoms with van der Waals surface area (Å²) in [4.78, 5) is 16.8. The van der Waals surface area contributed by atoms with Crippen molar-refractivity contribution in [3.05, 3.63) is 54.1 Å². The van der Waals surface area contributed by atoms with Gasteiger partial charge in [-0.2, -0.15) is 4.39 Å². The summed E-state index contributed by atoms with van der Waals surface area (Å²) in [6.45, 7) is 0. The standard InChI is InChI=1S/C17H17FN2OS/c18-16-11-12(9-10-19-16)17(21)20-14-7-3-4-8-15(14)22-13-5-1-2-6-13/h3-4,7-11,13H,1-2,5-6H2,(H,20,21). The molecular formula is C17H17FN2OS. The van der Waals surface area contributed by atoms with Crippen LogP contribution in [-0.2, 0) is 0 Å². The Hall–Kier alpha value is -1.88. The van der Waals surface area contributed by atoms with Gasteiger partial charge in [-0.15, -0.1) is 11.8 Å². The molecule has 0 spiro atoms. The minimum Gasteiger partial charge on any atom is -0.321 e. The van der Waals surface area contributed by atoms with Crippen LogP contribution in [0.2, 0.25) is 0 Å². The zero-order valence-electron chi connectivity index (χ0n) is 12.1. The summed E-state index contributed by atoms with van der Waals surface area (Å²) in [5.74, 6) is -0.970. The van der Waals surface area contributed by atoms with Crippen LogP contribution in [0.15, 0.2) is 47.5 Å². The van der Waals surface area contributed by atoms with E-state index in [9.17, 15) is 9.18 Å². The van der Waals surface area contributed by atoms with Gasteiger partial charge in [-0.25, -0.2) is 4.98 Å². The number of para-hydroxylation sites is 1. The largest absolute Gasteiger partial charge is 0.321 e. The first-order valence-corrected chi connectivity index (χ1v) is 8.29. The molecule has 1 aliphatic rings. The van der Waals surface area contributed by atoms with E-state index in [1.54, 1.807) is 0 Å². The fourth-order valence-corrected chi connectivity index (χ4v) is 3.93. The van der Waals surface area contributed by atoms with Crippen molar-refractivity contribution in [1.29, 1.82) is 0 Å². The average Bonchev–Trinajstić information content (AvgIpc) is 3.02. The molecule has 1 aromatic carbocycles. The van der Waals surface area contributed by atoms with E-state index in [1.165, 1.54) is 37.9 Å². The predicted molar refractivity (Wildman–Crippen MR) is 86.7 cm³/mol. The Labute approximate surface area is 133 Å². The van der Waals surface area contributed by atoms with E-state index >= 15 is 0 Å². The molecule has 1 aromatic heterocycles. The molecule has 5 heteroatoms. The number of halogens is 1. The van der Waals surface area contributed by atoms with Gasteiger partial charge in [0.1, 0.15) is 0 Å². The second-order valence-corrected chi connectivity index (χ2v) is 6.68. The molecule has 1 N–H and O–H groups in total. The highest BCUT2D eigenvalue weighted by molar-refractivity contribution is 8.00. The van der Waals surface area contributed by atoms with Gasteiger partial charge in [-0.05, 0) is 31.0 Å². The molecule has 3 nitrogen and oxygen atoms in total. The van der Waals surface area contributed by atoms with E-state index in [1.807, 2.05) is 36.0 Å². The van der Waals surface area contributed by atoms with Crippen LogP contribution < -0.4 is 5.32 Å². The van der Waals surface area contributed by atoms with Gasteiger partial charge >= 0.3 is 0 Å². The number of hydrogen-bond acceptors (Lipinski definition) is 3. The van der Waals surface area contributed by atoms with Crippen molar-refractivity contribution < 1.29 is 9.18 Å². The molecule has 1 fully saturated rings. The van der Waals surface area contributed by atoms with Gasteiger partial charge < -0.3 is 5.32 Å². The lowest BCUT2D eigenvalue weighted by Gasteiger charge is -2.14. The van der Waals surface area contributed by atoms with E-state index in [0.29, 0.717) is 5.25 Å². The SMILES string of the molecule is O=C(Nc1ccccc1SC1CCCC1)c1ccnc(F)c1.